The molecule has 1 amide bonds. The highest BCUT2D eigenvalue weighted by molar-refractivity contribution is 7.13. The van der Waals surface area contributed by atoms with Gasteiger partial charge in [0.25, 0.3) is 6.01 Å². The summed E-state index contributed by atoms with van der Waals surface area (Å²) in [5, 5.41) is 5.39. The van der Waals surface area contributed by atoms with Crippen LogP contribution in [-0.2, 0) is 4.79 Å². The molecule has 1 aliphatic rings. The molecular weight excluding hydrogens is 312 g/mol. The molecule has 0 radical (unpaired) electrons. The lowest BCUT2D eigenvalue weighted by atomic mass is 9.96. The Labute approximate surface area is 137 Å². The van der Waals surface area contributed by atoms with Crippen LogP contribution in [0.3, 0.4) is 0 Å². The highest BCUT2D eigenvalue weighted by atomic mass is 32.1. The van der Waals surface area contributed by atoms with Gasteiger partial charge in [-0.3, -0.25) is 4.79 Å². The molecule has 0 bridgehead atoms. The van der Waals surface area contributed by atoms with Gasteiger partial charge in [0.15, 0.2) is 10.7 Å². The topological polar surface area (TPSA) is 71.3 Å². The van der Waals surface area contributed by atoms with Crippen LogP contribution < -0.4 is 10.2 Å². The summed E-state index contributed by atoms with van der Waals surface area (Å²) in [4.78, 5) is 23.0. The molecule has 7 heteroatoms. The largest absolute Gasteiger partial charge is 0.423 e. The first-order valence-electron chi connectivity index (χ1n) is 7.60. The van der Waals surface area contributed by atoms with E-state index in [2.05, 4.69) is 20.2 Å². The van der Waals surface area contributed by atoms with Crippen LogP contribution in [-0.4, -0.2) is 29.0 Å². The molecule has 4 rings (SSSR count). The van der Waals surface area contributed by atoms with Crippen LogP contribution in [0.1, 0.15) is 12.8 Å². The maximum Gasteiger partial charge on any atom is 0.298 e. The molecule has 3 heterocycles. The second-order valence-electron chi connectivity index (χ2n) is 5.55. The number of benzene rings is 1. The van der Waals surface area contributed by atoms with Crippen LogP contribution in [0.25, 0.3) is 11.1 Å². The summed E-state index contributed by atoms with van der Waals surface area (Å²) in [6.45, 7) is 1.53. The Morgan fingerprint density at radius 3 is 2.87 bits per heavy atom. The summed E-state index contributed by atoms with van der Waals surface area (Å²) in [7, 11) is 0. The summed E-state index contributed by atoms with van der Waals surface area (Å²) in [5.41, 5.74) is 1.66. The zero-order chi connectivity index (χ0) is 15.6. The van der Waals surface area contributed by atoms with Gasteiger partial charge in [-0.15, -0.1) is 11.3 Å². The number of anilines is 2. The first kappa shape index (κ1) is 14.2. The number of thiazole rings is 1. The van der Waals surface area contributed by atoms with Crippen molar-refractivity contribution < 1.29 is 9.21 Å². The van der Waals surface area contributed by atoms with Crippen molar-refractivity contribution in [2.45, 2.75) is 12.8 Å². The van der Waals surface area contributed by atoms with Crippen LogP contribution >= 0.6 is 11.3 Å². The molecule has 0 saturated carbocycles. The normalized spacial score (nSPS) is 15.9. The average molecular weight is 328 g/mol. The molecule has 1 fully saturated rings. The fourth-order valence-electron chi connectivity index (χ4n) is 2.82. The monoisotopic (exact) mass is 328 g/mol. The average Bonchev–Trinajstić information content (AvgIpc) is 3.24. The quantitative estimate of drug-likeness (QED) is 0.800. The highest BCUT2D eigenvalue weighted by Gasteiger charge is 2.27. The molecule has 0 atom stereocenters. The van der Waals surface area contributed by atoms with Gasteiger partial charge in [-0.1, -0.05) is 12.1 Å². The fourth-order valence-corrected chi connectivity index (χ4v) is 3.35. The van der Waals surface area contributed by atoms with E-state index >= 15 is 0 Å². The molecule has 1 saturated heterocycles. The number of aromatic nitrogens is 2. The Hall–Kier alpha value is -2.41. The third-order valence-electron chi connectivity index (χ3n) is 4.08. The maximum absolute atomic E-state index is 12.2. The lowest BCUT2D eigenvalue weighted by molar-refractivity contribution is -0.120. The van der Waals surface area contributed by atoms with E-state index in [1.165, 1.54) is 11.3 Å². The van der Waals surface area contributed by atoms with Gasteiger partial charge in [-0.2, -0.15) is 4.98 Å². The third kappa shape index (κ3) is 2.92. The smallest absolute Gasteiger partial charge is 0.298 e. The highest BCUT2D eigenvalue weighted by Crippen LogP contribution is 2.27. The van der Waals surface area contributed by atoms with Crippen LogP contribution in [0.15, 0.2) is 40.3 Å². The number of rotatable bonds is 3. The Kier molecular flexibility index (Phi) is 3.70. The molecular formula is C16H16N4O2S. The van der Waals surface area contributed by atoms with E-state index in [1.807, 2.05) is 29.6 Å². The number of para-hydroxylation sites is 2. The van der Waals surface area contributed by atoms with Crippen LogP contribution in [0.4, 0.5) is 11.1 Å². The number of hydrogen-bond acceptors (Lipinski definition) is 6. The molecule has 1 aromatic carbocycles. The molecule has 118 valence electrons. The number of nitrogens with zero attached hydrogens (tertiary/aromatic N) is 3. The van der Waals surface area contributed by atoms with E-state index < -0.39 is 0 Å². The zero-order valence-electron chi connectivity index (χ0n) is 12.4. The molecule has 2 aromatic heterocycles. The third-order valence-corrected chi connectivity index (χ3v) is 4.77. The van der Waals surface area contributed by atoms with Gasteiger partial charge in [0.1, 0.15) is 5.52 Å². The van der Waals surface area contributed by atoms with Crippen LogP contribution in [0, 0.1) is 5.92 Å². The lowest BCUT2D eigenvalue weighted by Crippen LogP contribution is -2.38. The Morgan fingerprint density at radius 2 is 2.13 bits per heavy atom. The standard InChI is InChI=1S/C16H16N4O2S/c21-14(19-15-17-7-10-23-15)11-5-8-20(9-6-11)16-18-12-3-1-2-4-13(12)22-16/h1-4,7,10-11H,5-6,8-9H2,(H,17,19,21). The minimum atomic E-state index is 0.0135. The van der Waals surface area contributed by atoms with E-state index in [0.29, 0.717) is 11.1 Å². The first-order chi connectivity index (χ1) is 11.3. The summed E-state index contributed by atoms with van der Waals surface area (Å²) in [5.74, 6) is 0.0664. The van der Waals surface area contributed by atoms with E-state index in [-0.39, 0.29) is 11.8 Å². The summed E-state index contributed by atoms with van der Waals surface area (Å²) >= 11 is 1.44. The van der Waals surface area contributed by atoms with Gasteiger partial charge in [-0.05, 0) is 25.0 Å². The molecule has 1 aliphatic heterocycles. The van der Waals surface area contributed by atoms with Crippen LogP contribution in [0.5, 0.6) is 0 Å². The minimum Gasteiger partial charge on any atom is -0.423 e. The fraction of sp³-hybridized carbons (Fsp3) is 0.312. The number of hydrogen-bond donors (Lipinski definition) is 1. The number of fused-ring (bicyclic) bond motifs is 1. The van der Waals surface area contributed by atoms with E-state index in [4.69, 9.17) is 4.42 Å². The van der Waals surface area contributed by atoms with Gasteiger partial charge in [0.05, 0.1) is 0 Å². The Balaban J connectivity index is 1.39. The molecule has 3 aromatic rings. The number of oxazole rings is 1. The molecule has 0 unspecified atom stereocenters. The minimum absolute atomic E-state index is 0.0135. The van der Waals surface area contributed by atoms with Gasteiger partial charge in [0, 0.05) is 30.6 Å². The van der Waals surface area contributed by atoms with Crippen molar-refractivity contribution in [2.24, 2.45) is 5.92 Å². The van der Waals surface area contributed by atoms with Crippen LogP contribution in [0.2, 0.25) is 0 Å². The number of nitrogens with one attached hydrogen (secondary N) is 1. The van der Waals surface area contributed by atoms with Crippen molar-refractivity contribution in [1.82, 2.24) is 9.97 Å². The predicted octanol–water partition coefficient (Wildman–Crippen LogP) is 3.14. The van der Waals surface area contributed by atoms with Gasteiger partial charge >= 0.3 is 0 Å². The summed E-state index contributed by atoms with van der Waals surface area (Å²) in [6.07, 6.45) is 3.27. The number of piperidine rings is 1. The number of carbonyl (C=O) groups is 1. The van der Waals surface area contributed by atoms with Crippen molar-refractivity contribution in [3.8, 4) is 0 Å². The number of amides is 1. The first-order valence-corrected chi connectivity index (χ1v) is 8.48. The van der Waals surface area contributed by atoms with E-state index in [1.54, 1.807) is 6.20 Å². The van der Waals surface area contributed by atoms with Gasteiger partial charge in [0.2, 0.25) is 5.91 Å². The van der Waals surface area contributed by atoms with Gasteiger partial charge in [-0.25, -0.2) is 4.98 Å². The zero-order valence-corrected chi connectivity index (χ0v) is 13.3. The lowest BCUT2D eigenvalue weighted by Gasteiger charge is -2.29. The van der Waals surface area contributed by atoms with Crippen molar-refractivity contribution >= 4 is 39.5 Å². The summed E-state index contributed by atoms with van der Waals surface area (Å²) in [6, 6.07) is 8.39. The van der Waals surface area contributed by atoms with E-state index in [9.17, 15) is 4.79 Å². The molecule has 1 N–H and O–H groups in total. The molecule has 6 nitrogen and oxygen atoms in total. The second-order valence-corrected chi connectivity index (χ2v) is 6.45. The predicted molar refractivity (Wildman–Crippen MR) is 89.7 cm³/mol. The maximum atomic E-state index is 12.2. The summed E-state index contributed by atoms with van der Waals surface area (Å²) < 4.78 is 5.79. The van der Waals surface area contributed by atoms with Crippen molar-refractivity contribution in [3.63, 3.8) is 0 Å². The van der Waals surface area contributed by atoms with Crippen molar-refractivity contribution in [1.29, 1.82) is 0 Å². The molecule has 0 aliphatic carbocycles. The Morgan fingerprint density at radius 1 is 1.30 bits per heavy atom. The SMILES string of the molecule is O=C(Nc1nccs1)C1CCN(c2nc3ccccc3o2)CC1. The second kappa shape index (κ2) is 6.00. The molecule has 23 heavy (non-hydrogen) atoms. The van der Waals surface area contributed by atoms with Crippen molar-refractivity contribution in [3.05, 3.63) is 35.8 Å². The number of carbonyl (C=O) groups excluding carboxylic acids is 1. The van der Waals surface area contributed by atoms with E-state index in [0.717, 1.165) is 37.0 Å². The molecule has 0 spiro atoms. The van der Waals surface area contributed by atoms with Crippen molar-refractivity contribution in [2.75, 3.05) is 23.3 Å². The Bertz CT molecular complexity index is 773. The van der Waals surface area contributed by atoms with Gasteiger partial charge < -0.3 is 14.6 Å².